The number of ether oxygens (including phenoxy) is 1. The molecule has 2 heterocycles. The number of benzene rings is 1. The fourth-order valence-electron chi connectivity index (χ4n) is 3.69. The van der Waals surface area contributed by atoms with Gasteiger partial charge in [-0.15, -0.1) is 0 Å². The number of nitrogens with one attached hydrogen (secondary N) is 1. The molecule has 0 bridgehead atoms. The summed E-state index contributed by atoms with van der Waals surface area (Å²) in [5, 5.41) is 12.9. The molecule has 130 valence electrons. The van der Waals surface area contributed by atoms with Crippen LogP contribution in [0.5, 0.6) is 5.75 Å². The Morgan fingerprint density at radius 1 is 1.36 bits per heavy atom. The molecule has 2 aromatic rings. The molecule has 0 unspecified atom stereocenters. The molecule has 0 saturated heterocycles. The van der Waals surface area contributed by atoms with Crippen molar-refractivity contribution in [1.82, 2.24) is 10.3 Å². The van der Waals surface area contributed by atoms with Crippen LogP contribution in [-0.4, -0.2) is 28.7 Å². The van der Waals surface area contributed by atoms with E-state index in [1.165, 1.54) is 5.56 Å². The van der Waals surface area contributed by atoms with E-state index in [1.54, 1.807) is 12.4 Å². The van der Waals surface area contributed by atoms with Crippen LogP contribution in [0.2, 0.25) is 0 Å². The van der Waals surface area contributed by atoms with E-state index in [2.05, 4.69) is 16.4 Å². The lowest BCUT2D eigenvalue weighted by Crippen LogP contribution is -2.41. The maximum Gasteiger partial charge on any atom is 0.224 e. The lowest BCUT2D eigenvalue weighted by atomic mass is 9.74. The number of carbonyl (C=O) groups is 1. The van der Waals surface area contributed by atoms with Crippen LogP contribution >= 0.6 is 0 Å². The van der Waals surface area contributed by atoms with Gasteiger partial charge in [0.2, 0.25) is 5.91 Å². The highest BCUT2D eigenvalue weighted by molar-refractivity contribution is 5.79. The first kappa shape index (κ1) is 16.1. The van der Waals surface area contributed by atoms with Crippen molar-refractivity contribution >= 4 is 5.91 Å². The molecule has 1 aromatic carbocycles. The summed E-state index contributed by atoms with van der Waals surface area (Å²) in [6, 6.07) is 9.84. The third-order valence-electron chi connectivity index (χ3n) is 5.10. The molecule has 1 aromatic heterocycles. The molecule has 1 saturated carbocycles. The predicted molar refractivity (Wildman–Crippen MR) is 93.2 cm³/mol. The summed E-state index contributed by atoms with van der Waals surface area (Å²) in [4.78, 5) is 16.6. The van der Waals surface area contributed by atoms with Crippen molar-refractivity contribution in [3.8, 4) is 5.75 Å². The molecule has 2 aliphatic rings. The van der Waals surface area contributed by atoms with Crippen molar-refractivity contribution in [1.29, 1.82) is 0 Å². The molecule has 4 rings (SSSR count). The molecule has 1 aliphatic carbocycles. The summed E-state index contributed by atoms with van der Waals surface area (Å²) < 4.78 is 5.58. The van der Waals surface area contributed by atoms with Crippen molar-refractivity contribution in [2.45, 2.75) is 37.8 Å². The van der Waals surface area contributed by atoms with E-state index in [1.807, 2.05) is 24.3 Å². The Hall–Kier alpha value is -2.40. The van der Waals surface area contributed by atoms with Crippen molar-refractivity contribution in [3.05, 3.63) is 59.4 Å². The topological polar surface area (TPSA) is 71.5 Å². The summed E-state index contributed by atoms with van der Waals surface area (Å²) in [5.41, 5.74) is 3.19. The van der Waals surface area contributed by atoms with Crippen molar-refractivity contribution in [2.75, 3.05) is 6.61 Å². The number of aliphatic hydroxyl groups is 1. The Morgan fingerprint density at radius 3 is 3.00 bits per heavy atom. The maximum atomic E-state index is 12.5. The van der Waals surface area contributed by atoms with Crippen LogP contribution in [0.3, 0.4) is 0 Å². The zero-order valence-corrected chi connectivity index (χ0v) is 14.0. The largest absolute Gasteiger partial charge is 0.493 e. The standard InChI is InChI=1S/C20H22N2O3/c23-17-10-16(11-17)20(15-3-4-18-14(9-15)5-7-25-18)22-19(24)8-13-2-1-6-21-12-13/h1-4,6,9,12,16-17,20,23H,5,7-8,10-11H2,(H,22,24)/t16?,17?,20-/m1/s1. The van der Waals surface area contributed by atoms with Gasteiger partial charge in [-0.2, -0.15) is 0 Å². The summed E-state index contributed by atoms with van der Waals surface area (Å²) in [7, 11) is 0. The second-order valence-electron chi connectivity index (χ2n) is 6.93. The van der Waals surface area contributed by atoms with Gasteiger partial charge in [0.05, 0.1) is 25.2 Å². The number of fused-ring (bicyclic) bond motifs is 1. The molecule has 0 spiro atoms. The Labute approximate surface area is 147 Å². The molecule has 1 amide bonds. The number of aliphatic hydroxyl groups excluding tert-OH is 1. The first-order valence-electron chi connectivity index (χ1n) is 8.81. The molecular weight excluding hydrogens is 316 g/mol. The lowest BCUT2D eigenvalue weighted by Gasteiger charge is -2.38. The average molecular weight is 338 g/mol. The first-order valence-corrected chi connectivity index (χ1v) is 8.81. The molecule has 1 fully saturated rings. The fourth-order valence-corrected chi connectivity index (χ4v) is 3.69. The van der Waals surface area contributed by atoms with E-state index in [-0.39, 0.29) is 24.0 Å². The Balaban J connectivity index is 1.51. The van der Waals surface area contributed by atoms with Gasteiger partial charge in [0.25, 0.3) is 0 Å². The zero-order valence-electron chi connectivity index (χ0n) is 14.0. The Kier molecular flexibility index (Phi) is 4.40. The Morgan fingerprint density at radius 2 is 2.24 bits per heavy atom. The second-order valence-corrected chi connectivity index (χ2v) is 6.93. The van der Waals surface area contributed by atoms with E-state index in [0.29, 0.717) is 6.42 Å². The van der Waals surface area contributed by atoms with Crippen LogP contribution in [0, 0.1) is 5.92 Å². The molecule has 1 atom stereocenters. The van der Waals surface area contributed by atoms with Crippen LogP contribution in [0.15, 0.2) is 42.7 Å². The number of amides is 1. The quantitative estimate of drug-likeness (QED) is 0.877. The van der Waals surface area contributed by atoms with Gasteiger partial charge in [-0.05, 0) is 53.6 Å². The van der Waals surface area contributed by atoms with Crippen molar-refractivity contribution < 1.29 is 14.6 Å². The average Bonchev–Trinajstić information content (AvgIpc) is 3.06. The van der Waals surface area contributed by atoms with Crippen LogP contribution in [-0.2, 0) is 17.6 Å². The summed E-state index contributed by atoms with van der Waals surface area (Å²) in [5.74, 6) is 1.20. The molecule has 1 aliphatic heterocycles. The van der Waals surface area contributed by atoms with Crippen LogP contribution in [0.1, 0.15) is 35.6 Å². The van der Waals surface area contributed by atoms with Crippen molar-refractivity contribution in [2.24, 2.45) is 5.92 Å². The molecule has 25 heavy (non-hydrogen) atoms. The summed E-state index contributed by atoms with van der Waals surface area (Å²) >= 11 is 0. The van der Waals surface area contributed by atoms with E-state index in [4.69, 9.17) is 4.74 Å². The van der Waals surface area contributed by atoms with E-state index < -0.39 is 0 Å². The maximum absolute atomic E-state index is 12.5. The minimum Gasteiger partial charge on any atom is -0.493 e. The smallest absolute Gasteiger partial charge is 0.224 e. The molecule has 5 heteroatoms. The third-order valence-corrected chi connectivity index (χ3v) is 5.10. The van der Waals surface area contributed by atoms with Crippen LogP contribution < -0.4 is 10.1 Å². The minimum atomic E-state index is -0.250. The second kappa shape index (κ2) is 6.84. The van der Waals surface area contributed by atoms with Gasteiger partial charge in [0, 0.05) is 18.8 Å². The highest BCUT2D eigenvalue weighted by atomic mass is 16.5. The van der Waals surface area contributed by atoms with Gasteiger partial charge in [-0.1, -0.05) is 12.1 Å². The van der Waals surface area contributed by atoms with E-state index in [9.17, 15) is 9.90 Å². The predicted octanol–water partition coefficient (Wildman–Crippen LogP) is 2.19. The fraction of sp³-hybridized carbons (Fsp3) is 0.400. The highest BCUT2D eigenvalue weighted by Gasteiger charge is 2.36. The molecular formula is C20H22N2O3. The van der Waals surface area contributed by atoms with E-state index in [0.717, 1.165) is 42.7 Å². The number of hydrogen-bond donors (Lipinski definition) is 2. The summed E-state index contributed by atoms with van der Waals surface area (Å²) in [6.07, 6.45) is 5.85. The normalized spacial score (nSPS) is 22.4. The van der Waals surface area contributed by atoms with Gasteiger partial charge in [-0.25, -0.2) is 0 Å². The van der Waals surface area contributed by atoms with Gasteiger partial charge >= 0.3 is 0 Å². The minimum absolute atomic E-state index is 0.0175. The number of carbonyl (C=O) groups excluding carboxylic acids is 1. The van der Waals surface area contributed by atoms with Gasteiger partial charge in [0.15, 0.2) is 0 Å². The van der Waals surface area contributed by atoms with Crippen molar-refractivity contribution in [3.63, 3.8) is 0 Å². The van der Waals surface area contributed by atoms with E-state index >= 15 is 0 Å². The highest BCUT2D eigenvalue weighted by Crippen LogP contribution is 2.39. The number of pyridine rings is 1. The number of hydrogen-bond acceptors (Lipinski definition) is 4. The molecule has 2 N–H and O–H groups in total. The van der Waals surface area contributed by atoms with Crippen LogP contribution in [0.4, 0.5) is 0 Å². The SMILES string of the molecule is O=C(Cc1cccnc1)N[C@H](c1ccc2c(c1)CCO2)C1CC(O)C1. The number of aromatic nitrogens is 1. The van der Waals surface area contributed by atoms with Gasteiger partial charge in [0.1, 0.15) is 5.75 Å². The van der Waals surface area contributed by atoms with Gasteiger partial charge < -0.3 is 15.2 Å². The number of nitrogens with zero attached hydrogens (tertiary/aromatic N) is 1. The van der Waals surface area contributed by atoms with Crippen LogP contribution in [0.25, 0.3) is 0 Å². The number of rotatable bonds is 5. The Bertz CT molecular complexity index is 757. The molecule has 5 nitrogen and oxygen atoms in total. The zero-order chi connectivity index (χ0) is 17.2. The van der Waals surface area contributed by atoms with Gasteiger partial charge in [-0.3, -0.25) is 9.78 Å². The third kappa shape index (κ3) is 3.51. The first-order chi connectivity index (χ1) is 12.2. The summed E-state index contributed by atoms with van der Waals surface area (Å²) in [6.45, 7) is 0.721. The lowest BCUT2D eigenvalue weighted by molar-refractivity contribution is -0.122. The molecule has 0 radical (unpaired) electrons. The monoisotopic (exact) mass is 338 g/mol.